The quantitative estimate of drug-likeness (QED) is 0.539. The van der Waals surface area contributed by atoms with Gasteiger partial charge in [-0.3, -0.25) is 4.90 Å². The van der Waals surface area contributed by atoms with Gasteiger partial charge in [0.25, 0.3) is 0 Å². The number of hydrogen-bond donors (Lipinski definition) is 1. The Labute approximate surface area is 168 Å². The van der Waals surface area contributed by atoms with E-state index in [2.05, 4.69) is 73.3 Å². The maximum atomic E-state index is 11.0. The molecule has 146 valence electrons. The highest BCUT2D eigenvalue weighted by molar-refractivity contribution is 5.88. The van der Waals surface area contributed by atoms with E-state index in [0.29, 0.717) is 17.8 Å². The summed E-state index contributed by atoms with van der Waals surface area (Å²) in [5, 5.41) is 13.4. The first-order valence-corrected chi connectivity index (χ1v) is 10.7. The topological polar surface area (TPSA) is 23.5 Å². The van der Waals surface area contributed by atoms with Gasteiger partial charge < -0.3 is 5.11 Å². The second-order valence-electron chi connectivity index (χ2n) is 8.20. The molecule has 0 spiro atoms. The average molecular weight is 374 g/mol. The van der Waals surface area contributed by atoms with Gasteiger partial charge in [-0.05, 0) is 48.6 Å². The number of phenolic OH excluding ortho intramolecular Hbond substituents is 1. The van der Waals surface area contributed by atoms with Crippen molar-refractivity contribution in [2.75, 3.05) is 0 Å². The summed E-state index contributed by atoms with van der Waals surface area (Å²) in [5.74, 6) is 0.403. The molecule has 0 amide bonds. The zero-order valence-electron chi connectivity index (χ0n) is 17.0. The summed E-state index contributed by atoms with van der Waals surface area (Å²) >= 11 is 0. The van der Waals surface area contributed by atoms with Crippen molar-refractivity contribution < 1.29 is 5.11 Å². The molecule has 0 radical (unpaired) electrons. The summed E-state index contributed by atoms with van der Waals surface area (Å²) < 4.78 is 0. The first-order valence-electron chi connectivity index (χ1n) is 10.7. The van der Waals surface area contributed by atoms with Crippen LogP contribution in [0.2, 0.25) is 0 Å². The van der Waals surface area contributed by atoms with E-state index in [0.717, 1.165) is 10.9 Å². The molecule has 1 N–H and O–H groups in total. The molecular weight excluding hydrogens is 342 g/mol. The van der Waals surface area contributed by atoms with E-state index < -0.39 is 0 Å². The minimum atomic E-state index is 0.0687. The van der Waals surface area contributed by atoms with Gasteiger partial charge >= 0.3 is 0 Å². The lowest BCUT2D eigenvalue weighted by atomic mass is 9.85. The van der Waals surface area contributed by atoms with E-state index in [-0.39, 0.29) is 6.04 Å². The van der Waals surface area contributed by atoms with Crippen molar-refractivity contribution in [3.05, 3.63) is 77.9 Å². The molecule has 2 nitrogen and oxygen atoms in total. The van der Waals surface area contributed by atoms with Crippen molar-refractivity contribution in [3.8, 4) is 5.75 Å². The zero-order chi connectivity index (χ0) is 19.5. The van der Waals surface area contributed by atoms with Crippen LogP contribution in [0.15, 0.2) is 66.7 Å². The van der Waals surface area contributed by atoms with Crippen molar-refractivity contribution in [1.29, 1.82) is 0 Å². The molecule has 3 atom stereocenters. The van der Waals surface area contributed by atoms with Gasteiger partial charge in [0.05, 0.1) is 6.04 Å². The Hall–Kier alpha value is -2.32. The van der Waals surface area contributed by atoms with Crippen LogP contribution in [0.1, 0.15) is 63.1 Å². The van der Waals surface area contributed by atoms with Crippen LogP contribution in [0.3, 0.4) is 0 Å². The SMILES string of the molecule is CCCC1CCCC(C)N1C(c1ccccc1)c1c(O)ccc2ccccc12. The Morgan fingerprint density at radius 2 is 1.71 bits per heavy atom. The zero-order valence-corrected chi connectivity index (χ0v) is 17.0. The molecular formula is C26H31NO. The van der Waals surface area contributed by atoms with Crippen molar-refractivity contribution in [2.45, 2.75) is 64.1 Å². The standard InChI is InChI=1S/C26H31NO/c1-3-10-22-15-9-11-19(2)27(22)26(21-13-5-4-6-14-21)25-23-16-8-7-12-20(23)17-18-24(25)28/h4-8,12-14,16-19,22,26,28H,3,9-11,15H2,1-2H3. The molecule has 0 saturated carbocycles. The first-order chi connectivity index (χ1) is 13.7. The van der Waals surface area contributed by atoms with Crippen LogP contribution >= 0.6 is 0 Å². The Morgan fingerprint density at radius 1 is 0.964 bits per heavy atom. The number of benzene rings is 3. The number of aromatic hydroxyl groups is 1. The smallest absolute Gasteiger partial charge is 0.121 e. The summed E-state index contributed by atoms with van der Waals surface area (Å²) in [5.41, 5.74) is 2.32. The molecule has 1 aliphatic heterocycles. The van der Waals surface area contributed by atoms with E-state index in [4.69, 9.17) is 0 Å². The van der Waals surface area contributed by atoms with Crippen molar-refractivity contribution in [2.24, 2.45) is 0 Å². The van der Waals surface area contributed by atoms with Gasteiger partial charge in [-0.25, -0.2) is 0 Å². The van der Waals surface area contributed by atoms with E-state index in [9.17, 15) is 5.11 Å². The van der Waals surface area contributed by atoms with Crippen LogP contribution in [0.25, 0.3) is 10.8 Å². The number of fused-ring (bicyclic) bond motifs is 1. The van der Waals surface area contributed by atoms with Gasteiger partial charge in [-0.15, -0.1) is 0 Å². The molecule has 1 saturated heterocycles. The summed E-state index contributed by atoms with van der Waals surface area (Å²) in [6, 6.07) is 24.2. The second-order valence-corrected chi connectivity index (χ2v) is 8.20. The molecule has 1 aliphatic rings. The summed E-state index contributed by atoms with van der Waals surface area (Å²) in [7, 11) is 0. The highest BCUT2D eigenvalue weighted by Gasteiger charge is 2.36. The summed E-state index contributed by atoms with van der Waals surface area (Å²) in [6.07, 6.45) is 6.16. The predicted molar refractivity (Wildman–Crippen MR) is 118 cm³/mol. The second kappa shape index (κ2) is 8.36. The molecule has 4 rings (SSSR count). The van der Waals surface area contributed by atoms with E-state index in [1.807, 2.05) is 12.1 Å². The Morgan fingerprint density at radius 3 is 2.50 bits per heavy atom. The minimum absolute atomic E-state index is 0.0687. The Bertz CT molecular complexity index is 918. The van der Waals surface area contributed by atoms with Crippen molar-refractivity contribution in [3.63, 3.8) is 0 Å². The molecule has 3 unspecified atom stereocenters. The molecule has 3 aromatic rings. The van der Waals surface area contributed by atoms with E-state index >= 15 is 0 Å². The first kappa shape index (κ1) is 19.0. The van der Waals surface area contributed by atoms with Crippen molar-refractivity contribution >= 4 is 10.8 Å². The lowest BCUT2D eigenvalue weighted by Crippen LogP contribution is -2.47. The van der Waals surface area contributed by atoms with Gasteiger partial charge in [0.15, 0.2) is 0 Å². The minimum Gasteiger partial charge on any atom is -0.508 e. The molecule has 2 heteroatoms. The summed E-state index contributed by atoms with van der Waals surface area (Å²) in [6.45, 7) is 4.64. The molecule has 1 fully saturated rings. The van der Waals surface area contributed by atoms with Gasteiger partial charge in [0.1, 0.15) is 5.75 Å². The number of likely N-dealkylation sites (tertiary alicyclic amines) is 1. The molecule has 0 aromatic heterocycles. The molecule has 0 bridgehead atoms. The largest absolute Gasteiger partial charge is 0.508 e. The number of hydrogen-bond acceptors (Lipinski definition) is 2. The molecule has 3 aromatic carbocycles. The monoisotopic (exact) mass is 373 g/mol. The average Bonchev–Trinajstić information content (AvgIpc) is 2.72. The van der Waals surface area contributed by atoms with Crippen LogP contribution in [0.4, 0.5) is 0 Å². The Balaban J connectivity index is 1.94. The number of phenols is 1. The fourth-order valence-electron chi connectivity index (χ4n) is 5.09. The van der Waals surface area contributed by atoms with Gasteiger partial charge in [0.2, 0.25) is 0 Å². The molecule has 1 heterocycles. The van der Waals surface area contributed by atoms with Crippen LogP contribution in [-0.2, 0) is 0 Å². The fraction of sp³-hybridized carbons (Fsp3) is 0.385. The van der Waals surface area contributed by atoms with Gasteiger partial charge in [-0.2, -0.15) is 0 Å². The maximum absolute atomic E-state index is 11.0. The lowest BCUT2D eigenvalue weighted by Gasteiger charge is -2.46. The maximum Gasteiger partial charge on any atom is 0.121 e. The van der Waals surface area contributed by atoms with Crippen molar-refractivity contribution in [1.82, 2.24) is 4.90 Å². The van der Waals surface area contributed by atoms with E-state index in [1.165, 1.54) is 43.1 Å². The number of rotatable bonds is 5. The molecule has 0 aliphatic carbocycles. The fourth-order valence-corrected chi connectivity index (χ4v) is 5.09. The van der Waals surface area contributed by atoms with Crippen LogP contribution in [0.5, 0.6) is 5.75 Å². The van der Waals surface area contributed by atoms with Crippen LogP contribution in [0, 0.1) is 0 Å². The number of piperidine rings is 1. The lowest BCUT2D eigenvalue weighted by molar-refractivity contribution is 0.0557. The molecule has 28 heavy (non-hydrogen) atoms. The van der Waals surface area contributed by atoms with Gasteiger partial charge in [-0.1, -0.05) is 80.4 Å². The third-order valence-electron chi connectivity index (χ3n) is 6.35. The highest BCUT2D eigenvalue weighted by atomic mass is 16.3. The predicted octanol–water partition coefficient (Wildman–Crippen LogP) is 6.68. The van der Waals surface area contributed by atoms with Crippen LogP contribution < -0.4 is 0 Å². The van der Waals surface area contributed by atoms with Gasteiger partial charge in [0, 0.05) is 17.6 Å². The third-order valence-corrected chi connectivity index (χ3v) is 6.35. The third kappa shape index (κ3) is 3.54. The Kier molecular flexibility index (Phi) is 5.68. The van der Waals surface area contributed by atoms with E-state index in [1.54, 1.807) is 0 Å². The summed E-state index contributed by atoms with van der Waals surface area (Å²) in [4.78, 5) is 2.70. The van der Waals surface area contributed by atoms with Crippen LogP contribution in [-0.4, -0.2) is 22.1 Å². The number of nitrogens with zero attached hydrogens (tertiary/aromatic N) is 1. The normalized spacial score (nSPS) is 21.6. The highest BCUT2D eigenvalue weighted by Crippen LogP contribution is 2.44.